The molecule has 0 aromatic carbocycles. The highest BCUT2D eigenvalue weighted by molar-refractivity contribution is 7.13. The van der Waals surface area contributed by atoms with Crippen LogP contribution in [0.15, 0.2) is 23.7 Å². The minimum Gasteiger partial charge on any atom is -0.462 e. The van der Waals surface area contributed by atoms with Crippen molar-refractivity contribution in [3.05, 3.63) is 34.3 Å². The molecule has 0 bridgehead atoms. The van der Waals surface area contributed by atoms with Gasteiger partial charge in [-0.05, 0) is 20.8 Å². The second-order valence-corrected chi connectivity index (χ2v) is 6.38. The number of aromatic nitrogens is 3. The summed E-state index contributed by atoms with van der Waals surface area (Å²) < 4.78 is 7.05. The van der Waals surface area contributed by atoms with Crippen molar-refractivity contribution < 1.29 is 9.53 Å². The van der Waals surface area contributed by atoms with Crippen LogP contribution in [0.3, 0.4) is 0 Å². The molecule has 136 valence electrons. The monoisotopic (exact) mass is 364 g/mol. The summed E-state index contributed by atoms with van der Waals surface area (Å²) in [4.78, 5) is 25.2. The zero-order valence-electron chi connectivity index (χ0n) is 14.9. The van der Waals surface area contributed by atoms with E-state index in [9.17, 15) is 4.79 Å². The third-order valence-corrected chi connectivity index (χ3v) is 4.76. The summed E-state index contributed by atoms with van der Waals surface area (Å²) in [6, 6.07) is -0.0775. The van der Waals surface area contributed by atoms with Gasteiger partial charge in [-0.2, -0.15) is 0 Å². The Morgan fingerprint density at radius 1 is 1.52 bits per heavy atom. The van der Waals surface area contributed by atoms with Gasteiger partial charge < -0.3 is 19.9 Å². The molecule has 9 heteroatoms. The Morgan fingerprint density at radius 3 is 2.96 bits per heavy atom. The van der Waals surface area contributed by atoms with Crippen LogP contribution in [0.2, 0.25) is 0 Å². The number of carbonyl (C=O) groups is 1. The summed E-state index contributed by atoms with van der Waals surface area (Å²) in [5, 5.41) is 7.35. The Hall–Kier alpha value is -2.42. The Labute approximate surface area is 151 Å². The summed E-state index contributed by atoms with van der Waals surface area (Å²) in [6.07, 6.45) is 5.44. The van der Waals surface area contributed by atoms with E-state index >= 15 is 0 Å². The summed E-state index contributed by atoms with van der Waals surface area (Å²) in [6.45, 7) is 7.45. The van der Waals surface area contributed by atoms with Gasteiger partial charge in [0.15, 0.2) is 5.96 Å². The van der Waals surface area contributed by atoms with Gasteiger partial charge in [0.05, 0.1) is 24.7 Å². The number of aryl methyl sites for hydroxylation is 1. The molecule has 0 radical (unpaired) electrons. The molecular formula is C16H24N6O2S. The van der Waals surface area contributed by atoms with Crippen LogP contribution in [-0.2, 0) is 11.3 Å². The molecule has 25 heavy (non-hydrogen) atoms. The lowest BCUT2D eigenvalue weighted by Crippen LogP contribution is -2.40. The van der Waals surface area contributed by atoms with E-state index in [2.05, 4.69) is 25.6 Å². The highest BCUT2D eigenvalue weighted by Gasteiger charge is 2.20. The highest BCUT2D eigenvalue weighted by atomic mass is 32.1. The average molecular weight is 364 g/mol. The number of carbonyl (C=O) groups excluding carboxylic acids is 1. The van der Waals surface area contributed by atoms with Crippen molar-refractivity contribution in [1.29, 1.82) is 0 Å². The van der Waals surface area contributed by atoms with Crippen LogP contribution in [-0.4, -0.2) is 46.7 Å². The smallest absolute Gasteiger partial charge is 0.350 e. The molecule has 2 aromatic rings. The maximum absolute atomic E-state index is 11.9. The number of rotatable bonds is 7. The number of aliphatic imine (C=N–C) groups is 1. The maximum Gasteiger partial charge on any atom is 0.350 e. The van der Waals surface area contributed by atoms with Crippen molar-refractivity contribution in [3.8, 4) is 0 Å². The summed E-state index contributed by atoms with van der Waals surface area (Å²) in [5.41, 5.74) is 0.690. The van der Waals surface area contributed by atoms with Gasteiger partial charge in [0.25, 0.3) is 0 Å². The number of nitrogens with one attached hydrogen (secondary N) is 2. The second kappa shape index (κ2) is 9.16. The van der Waals surface area contributed by atoms with E-state index in [0.29, 0.717) is 29.7 Å². The van der Waals surface area contributed by atoms with Crippen molar-refractivity contribution in [2.75, 3.05) is 20.2 Å². The van der Waals surface area contributed by atoms with Gasteiger partial charge in [-0.25, -0.2) is 14.8 Å². The summed E-state index contributed by atoms with van der Waals surface area (Å²) in [7, 11) is 1.72. The van der Waals surface area contributed by atoms with E-state index in [1.165, 1.54) is 11.3 Å². The summed E-state index contributed by atoms with van der Waals surface area (Å²) in [5.74, 6) is 0.358. The molecule has 8 nitrogen and oxygen atoms in total. The lowest BCUT2D eigenvalue weighted by molar-refractivity contribution is 0.0531. The largest absolute Gasteiger partial charge is 0.462 e. The first-order valence-corrected chi connectivity index (χ1v) is 8.94. The minimum absolute atomic E-state index is 0.0775. The predicted octanol–water partition coefficient (Wildman–Crippen LogP) is 1.75. The van der Waals surface area contributed by atoms with Gasteiger partial charge in [0.2, 0.25) is 0 Å². The van der Waals surface area contributed by atoms with Gasteiger partial charge in [0.1, 0.15) is 9.88 Å². The lowest BCUT2D eigenvalue weighted by Gasteiger charge is -2.16. The van der Waals surface area contributed by atoms with Gasteiger partial charge in [0, 0.05) is 32.5 Å². The third-order valence-electron chi connectivity index (χ3n) is 3.44. The van der Waals surface area contributed by atoms with E-state index in [0.717, 1.165) is 11.6 Å². The topological polar surface area (TPSA) is 93.4 Å². The molecule has 2 aromatic heterocycles. The van der Waals surface area contributed by atoms with E-state index in [1.54, 1.807) is 26.5 Å². The maximum atomic E-state index is 11.9. The lowest BCUT2D eigenvalue weighted by atomic mass is 10.3. The number of guanidine groups is 1. The number of imidazole rings is 1. The molecule has 0 spiro atoms. The normalized spacial score (nSPS) is 12.7. The van der Waals surface area contributed by atoms with Crippen LogP contribution >= 0.6 is 11.3 Å². The molecule has 0 aliphatic rings. The molecule has 0 saturated heterocycles. The van der Waals surface area contributed by atoms with Crippen molar-refractivity contribution in [2.45, 2.75) is 33.4 Å². The number of ether oxygens (including phenoxy) is 1. The van der Waals surface area contributed by atoms with Crippen molar-refractivity contribution in [1.82, 2.24) is 25.2 Å². The van der Waals surface area contributed by atoms with E-state index in [1.807, 2.05) is 24.6 Å². The van der Waals surface area contributed by atoms with Gasteiger partial charge in [-0.1, -0.05) is 0 Å². The van der Waals surface area contributed by atoms with Crippen LogP contribution < -0.4 is 10.6 Å². The fourth-order valence-electron chi connectivity index (χ4n) is 2.17. The third kappa shape index (κ3) is 5.28. The zero-order chi connectivity index (χ0) is 18.2. The molecule has 2 rings (SSSR count). The Kier molecular flexibility index (Phi) is 6.93. The fourth-order valence-corrected chi connectivity index (χ4v) is 3.14. The zero-order valence-corrected chi connectivity index (χ0v) is 15.8. The summed E-state index contributed by atoms with van der Waals surface area (Å²) >= 11 is 1.35. The van der Waals surface area contributed by atoms with Crippen LogP contribution in [0.4, 0.5) is 0 Å². The van der Waals surface area contributed by atoms with Gasteiger partial charge in [-0.3, -0.25) is 4.99 Å². The Morgan fingerprint density at radius 2 is 2.32 bits per heavy atom. The van der Waals surface area contributed by atoms with Crippen molar-refractivity contribution >= 4 is 23.3 Å². The molecule has 0 aliphatic carbocycles. The fraction of sp³-hybridized carbons (Fsp3) is 0.500. The second-order valence-electron chi connectivity index (χ2n) is 5.35. The molecule has 2 heterocycles. The van der Waals surface area contributed by atoms with Gasteiger partial charge in [-0.15, -0.1) is 11.3 Å². The minimum atomic E-state index is -0.321. The number of hydrogen-bond donors (Lipinski definition) is 2. The molecule has 1 atom stereocenters. The van der Waals surface area contributed by atoms with Crippen LogP contribution in [0, 0.1) is 6.92 Å². The molecule has 0 fully saturated rings. The van der Waals surface area contributed by atoms with Crippen LogP contribution in [0.25, 0.3) is 0 Å². The number of thiazole rings is 1. The Bertz CT molecular complexity index is 710. The molecule has 0 saturated carbocycles. The first kappa shape index (κ1) is 18.9. The molecule has 0 amide bonds. The number of hydrogen-bond acceptors (Lipinski definition) is 6. The van der Waals surface area contributed by atoms with Gasteiger partial charge >= 0.3 is 5.97 Å². The number of nitrogens with zero attached hydrogens (tertiary/aromatic N) is 4. The molecule has 0 aliphatic heterocycles. The quantitative estimate of drug-likeness (QED) is 0.442. The first-order valence-electron chi connectivity index (χ1n) is 8.12. The number of esters is 1. The molecule has 1 unspecified atom stereocenters. The first-order chi connectivity index (χ1) is 12.0. The van der Waals surface area contributed by atoms with Crippen LogP contribution in [0.5, 0.6) is 0 Å². The highest BCUT2D eigenvalue weighted by Crippen LogP contribution is 2.24. The predicted molar refractivity (Wildman–Crippen MR) is 97.9 cm³/mol. The van der Waals surface area contributed by atoms with Crippen molar-refractivity contribution in [2.24, 2.45) is 4.99 Å². The van der Waals surface area contributed by atoms with E-state index in [-0.39, 0.29) is 12.0 Å². The van der Waals surface area contributed by atoms with E-state index < -0.39 is 0 Å². The van der Waals surface area contributed by atoms with E-state index in [4.69, 9.17) is 4.74 Å². The standard InChI is InChI=1S/C16H24N6O2S/c1-5-24-15(23)13-11(2)20-14(25-13)12(3)21-16(17-4)19-7-9-22-8-6-18-10-22/h6,8,10,12H,5,7,9H2,1-4H3,(H2,17,19,21). The molecule has 2 N–H and O–H groups in total. The van der Waals surface area contributed by atoms with Crippen LogP contribution in [0.1, 0.15) is 40.3 Å². The average Bonchev–Trinajstić information content (AvgIpc) is 3.23. The Balaban J connectivity index is 1.91. The SMILES string of the molecule is CCOC(=O)c1sc(C(C)NC(=NC)NCCn2ccnc2)nc1C. The molecular weight excluding hydrogens is 340 g/mol. The van der Waals surface area contributed by atoms with Crippen molar-refractivity contribution in [3.63, 3.8) is 0 Å².